The first-order valence-corrected chi connectivity index (χ1v) is 8.38. The van der Waals surface area contributed by atoms with Gasteiger partial charge in [0.15, 0.2) is 11.5 Å². The molecule has 3 N–H and O–H groups in total. The quantitative estimate of drug-likeness (QED) is 0.878. The molecule has 126 valence electrons. The second-order valence-electron chi connectivity index (χ2n) is 6.08. The number of nitrogens with zero attached hydrogens (tertiary/aromatic N) is 3. The minimum absolute atomic E-state index is 0.150. The molecule has 6 heteroatoms. The first kappa shape index (κ1) is 16.4. The molecule has 3 rings (SSSR count). The third kappa shape index (κ3) is 4.08. The fourth-order valence-electron chi connectivity index (χ4n) is 3.03. The molecule has 2 heterocycles. The molecular weight excluding hydrogens is 302 g/mol. The third-order valence-electron chi connectivity index (χ3n) is 4.34. The van der Waals surface area contributed by atoms with Gasteiger partial charge in [0.1, 0.15) is 0 Å². The lowest BCUT2D eigenvalue weighted by atomic mass is 10.0. The molecule has 0 saturated carbocycles. The number of carbonyl (C=O) groups is 1. The fourth-order valence-corrected chi connectivity index (χ4v) is 3.03. The monoisotopic (exact) mass is 325 g/mol. The van der Waals surface area contributed by atoms with Crippen LogP contribution in [0.3, 0.4) is 0 Å². The summed E-state index contributed by atoms with van der Waals surface area (Å²) in [6, 6.07) is 8.23. The van der Waals surface area contributed by atoms with Crippen LogP contribution in [-0.2, 0) is 13.1 Å². The van der Waals surface area contributed by atoms with Gasteiger partial charge < -0.3 is 11.1 Å². The largest absolute Gasteiger partial charge is 0.382 e. The van der Waals surface area contributed by atoms with Crippen LogP contribution in [0.25, 0.3) is 0 Å². The van der Waals surface area contributed by atoms with Gasteiger partial charge in [-0.15, -0.1) is 0 Å². The Morgan fingerprint density at radius 2 is 1.79 bits per heavy atom. The van der Waals surface area contributed by atoms with Crippen molar-refractivity contribution in [2.75, 3.05) is 18.8 Å². The van der Waals surface area contributed by atoms with Crippen molar-refractivity contribution in [3.05, 3.63) is 53.5 Å². The Morgan fingerprint density at radius 1 is 1.08 bits per heavy atom. The van der Waals surface area contributed by atoms with Crippen LogP contribution in [-0.4, -0.2) is 33.9 Å². The highest BCUT2D eigenvalue weighted by molar-refractivity contribution is 5.96. The molecule has 0 bridgehead atoms. The van der Waals surface area contributed by atoms with Crippen molar-refractivity contribution in [1.29, 1.82) is 0 Å². The average Bonchev–Trinajstić information content (AvgIpc) is 2.62. The van der Waals surface area contributed by atoms with E-state index in [0.29, 0.717) is 6.54 Å². The summed E-state index contributed by atoms with van der Waals surface area (Å²) in [6.45, 7) is 3.69. The number of carbonyl (C=O) groups excluding carboxylic acids is 1. The van der Waals surface area contributed by atoms with Crippen LogP contribution >= 0.6 is 0 Å². The fraction of sp³-hybridized carbons (Fsp3) is 0.389. The molecule has 0 unspecified atom stereocenters. The molecule has 1 saturated heterocycles. The van der Waals surface area contributed by atoms with Gasteiger partial charge in [-0.3, -0.25) is 9.69 Å². The van der Waals surface area contributed by atoms with Crippen LogP contribution in [0.5, 0.6) is 0 Å². The van der Waals surface area contributed by atoms with Crippen molar-refractivity contribution in [1.82, 2.24) is 20.2 Å². The van der Waals surface area contributed by atoms with Crippen molar-refractivity contribution in [2.45, 2.75) is 32.4 Å². The Hall–Kier alpha value is -2.47. The van der Waals surface area contributed by atoms with E-state index in [2.05, 4.69) is 32.3 Å². The van der Waals surface area contributed by atoms with E-state index in [0.717, 1.165) is 25.2 Å². The summed E-state index contributed by atoms with van der Waals surface area (Å²) in [7, 11) is 0. The summed E-state index contributed by atoms with van der Waals surface area (Å²) in [6.07, 6.45) is 6.80. The standard InChI is InChI=1S/C18H23N5O/c19-17-16(20-8-9-21-17)18(24)22-12-14-6-2-3-7-15(14)13-23-10-4-1-5-11-23/h2-3,6-9H,1,4-5,10-13H2,(H2,19,21)(H,22,24). The van der Waals surface area contributed by atoms with E-state index >= 15 is 0 Å². The zero-order chi connectivity index (χ0) is 16.8. The molecule has 0 atom stereocenters. The maximum Gasteiger partial charge on any atom is 0.273 e. The predicted octanol–water partition coefficient (Wildman–Crippen LogP) is 1.97. The predicted molar refractivity (Wildman–Crippen MR) is 93.2 cm³/mol. The van der Waals surface area contributed by atoms with Crippen LogP contribution in [0.2, 0.25) is 0 Å². The number of rotatable bonds is 5. The van der Waals surface area contributed by atoms with E-state index in [1.54, 1.807) is 0 Å². The highest BCUT2D eigenvalue weighted by atomic mass is 16.1. The van der Waals surface area contributed by atoms with E-state index in [-0.39, 0.29) is 17.4 Å². The normalized spacial score (nSPS) is 15.2. The molecule has 1 aromatic carbocycles. The highest BCUT2D eigenvalue weighted by Crippen LogP contribution is 2.16. The molecule has 1 amide bonds. The molecule has 1 aliphatic heterocycles. The second-order valence-corrected chi connectivity index (χ2v) is 6.08. The Balaban J connectivity index is 1.64. The Bertz CT molecular complexity index is 697. The van der Waals surface area contributed by atoms with Gasteiger partial charge >= 0.3 is 0 Å². The Labute approximate surface area is 142 Å². The lowest BCUT2D eigenvalue weighted by molar-refractivity contribution is 0.0946. The van der Waals surface area contributed by atoms with E-state index in [4.69, 9.17) is 5.73 Å². The van der Waals surface area contributed by atoms with Gasteiger partial charge in [-0.25, -0.2) is 9.97 Å². The summed E-state index contributed by atoms with van der Waals surface area (Å²) in [5.74, 6) is -0.148. The first-order valence-electron chi connectivity index (χ1n) is 8.38. The second kappa shape index (κ2) is 7.88. The summed E-state index contributed by atoms with van der Waals surface area (Å²) >= 11 is 0. The van der Waals surface area contributed by atoms with E-state index in [1.807, 2.05) is 12.1 Å². The highest BCUT2D eigenvalue weighted by Gasteiger charge is 2.14. The molecule has 0 spiro atoms. The van der Waals surface area contributed by atoms with Gasteiger partial charge in [0, 0.05) is 25.5 Å². The molecule has 0 radical (unpaired) electrons. The number of nitrogen functional groups attached to an aromatic ring is 1. The van der Waals surface area contributed by atoms with Gasteiger partial charge in [0.25, 0.3) is 5.91 Å². The van der Waals surface area contributed by atoms with Crippen molar-refractivity contribution in [3.63, 3.8) is 0 Å². The van der Waals surface area contributed by atoms with Gasteiger partial charge in [-0.1, -0.05) is 30.7 Å². The zero-order valence-corrected chi connectivity index (χ0v) is 13.7. The molecular formula is C18H23N5O. The van der Waals surface area contributed by atoms with Gasteiger partial charge in [-0.2, -0.15) is 0 Å². The van der Waals surface area contributed by atoms with Crippen LogP contribution in [0.4, 0.5) is 5.82 Å². The summed E-state index contributed by atoms with van der Waals surface area (Å²) in [4.78, 5) is 22.6. The zero-order valence-electron chi connectivity index (χ0n) is 13.7. The molecule has 6 nitrogen and oxygen atoms in total. The maximum atomic E-state index is 12.2. The number of aromatic nitrogens is 2. The third-order valence-corrected chi connectivity index (χ3v) is 4.34. The van der Waals surface area contributed by atoms with Crippen LogP contribution in [0.1, 0.15) is 40.9 Å². The van der Waals surface area contributed by atoms with Crippen molar-refractivity contribution in [3.8, 4) is 0 Å². The smallest absolute Gasteiger partial charge is 0.273 e. The minimum Gasteiger partial charge on any atom is -0.382 e. The number of amides is 1. The molecule has 0 aliphatic carbocycles. The van der Waals surface area contributed by atoms with Gasteiger partial charge in [0.05, 0.1) is 0 Å². The van der Waals surface area contributed by atoms with Crippen LogP contribution < -0.4 is 11.1 Å². The number of nitrogens with two attached hydrogens (primary N) is 1. The SMILES string of the molecule is Nc1nccnc1C(=O)NCc1ccccc1CN1CCCCC1. The number of hydrogen-bond donors (Lipinski definition) is 2. The van der Waals surface area contributed by atoms with Crippen molar-refractivity contribution < 1.29 is 4.79 Å². The van der Waals surface area contributed by atoms with E-state index < -0.39 is 0 Å². The number of piperidine rings is 1. The summed E-state index contributed by atoms with van der Waals surface area (Å²) < 4.78 is 0. The topological polar surface area (TPSA) is 84.1 Å². The molecule has 24 heavy (non-hydrogen) atoms. The number of likely N-dealkylation sites (tertiary alicyclic amines) is 1. The molecule has 1 aliphatic rings. The number of benzene rings is 1. The molecule has 1 aromatic heterocycles. The molecule has 1 fully saturated rings. The van der Waals surface area contributed by atoms with E-state index in [1.165, 1.54) is 37.2 Å². The van der Waals surface area contributed by atoms with E-state index in [9.17, 15) is 4.79 Å². The number of hydrogen-bond acceptors (Lipinski definition) is 5. The summed E-state index contributed by atoms with van der Waals surface area (Å²) in [5, 5.41) is 2.89. The number of nitrogens with one attached hydrogen (secondary N) is 1. The molecule has 2 aromatic rings. The first-order chi connectivity index (χ1) is 11.7. The van der Waals surface area contributed by atoms with Crippen molar-refractivity contribution in [2.24, 2.45) is 0 Å². The van der Waals surface area contributed by atoms with Gasteiger partial charge in [-0.05, 0) is 37.1 Å². The maximum absolute atomic E-state index is 12.2. The van der Waals surface area contributed by atoms with Crippen LogP contribution in [0.15, 0.2) is 36.7 Å². The minimum atomic E-state index is -0.298. The van der Waals surface area contributed by atoms with Gasteiger partial charge in [0.2, 0.25) is 0 Å². The van der Waals surface area contributed by atoms with Crippen LogP contribution in [0, 0.1) is 0 Å². The Morgan fingerprint density at radius 3 is 2.54 bits per heavy atom. The lowest BCUT2D eigenvalue weighted by Crippen LogP contribution is -2.30. The Kier molecular flexibility index (Phi) is 5.38. The van der Waals surface area contributed by atoms with Crippen molar-refractivity contribution >= 4 is 11.7 Å². The summed E-state index contributed by atoms with van der Waals surface area (Å²) in [5.41, 5.74) is 8.26. The number of anilines is 1. The lowest BCUT2D eigenvalue weighted by Gasteiger charge is -2.27. The average molecular weight is 325 g/mol.